The van der Waals surface area contributed by atoms with Crippen LogP contribution in [0.25, 0.3) is 39.2 Å². The van der Waals surface area contributed by atoms with Crippen LogP contribution in [0.15, 0.2) is 176 Å². The minimum Gasteiger partial charge on any atom is -0.306 e. The summed E-state index contributed by atoms with van der Waals surface area (Å²) in [6.45, 7) is 0. The third kappa shape index (κ3) is 3.54. The van der Waals surface area contributed by atoms with Gasteiger partial charge in [0.25, 0.3) is 0 Å². The highest BCUT2D eigenvalue weighted by Gasteiger charge is 2.46. The normalized spacial score (nSPS) is 13.7. The number of hydrogen-bond acceptors (Lipinski definition) is 2. The maximum atomic E-state index is 5.21. The van der Waals surface area contributed by atoms with E-state index in [0.717, 1.165) is 45.2 Å². The summed E-state index contributed by atoms with van der Waals surface area (Å²) >= 11 is 0. The van der Waals surface area contributed by atoms with Gasteiger partial charge in [-0.3, -0.25) is 4.57 Å². The molecule has 1 aliphatic heterocycles. The Morgan fingerprint density at radius 2 is 1.04 bits per heavy atom. The Kier molecular flexibility index (Phi) is 5.49. The highest BCUT2D eigenvalue weighted by molar-refractivity contribution is 6.03. The molecule has 1 aliphatic carbocycles. The standard InChI is InChI=1S/C44H29N3/c1-4-15-30(16-5-1)43-45-38-23-14-26-41-42(38)47(43)40-25-13-12-24-39(40)46(41)33-27-28-35-34-21-10-11-22-36(34)44(37(35)29-33,31-17-6-2-7-18-31)32-19-8-3-9-20-32/h1-29H. The molecule has 0 spiro atoms. The van der Waals surface area contributed by atoms with Gasteiger partial charge in [0, 0.05) is 11.3 Å². The molecule has 0 fully saturated rings. The van der Waals surface area contributed by atoms with Crippen LogP contribution in [-0.2, 0) is 5.41 Å². The second kappa shape index (κ2) is 9.90. The first kappa shape index (κ1) is 26.1. The van der Waals surface area contributed by atoms with Crippen LogP contribution in [-0.4, -0.2) is 9.55 Å². The van der Waals surface area contributed by atoms with Gasteiger partial charge in [0.05, 0.1) is 33.5 Å². The summed E-state index contributed by atoms with van der Waals surface area (Å²) < 4.78 is 2.34. The quantitative estimate of drug-likeness (QED) is 0.201. The predicted octanol–water partition coefficient (Wildman–Crippen LogP) is 10.8. The fourth-order valence-corrected chi connectivity index (χ4v) is 8.13. The maximum absolute atomic E-state index is 5.21. The van der Waals surface area contributed by atoms with Crippen LogP contribution in [0.4, 0.5) is 17.1 Å². The van der Waals surface area contributed by atoms with Crippen LogP contribution < -0.4 is 4.90 Å². The van der Waals surface area contributed by atoms with E-state index < -0.39 is 5.41 Å². The first-order chi connectivity index (χ1) is 23.3. The molecule has 0 saturated heterocycles. The Balaban J connectivity index is 1.27. The molecular formula is C44H29N3. The highest BCUT2D eigenvalue weighted by Crippen LogP contribution is 2.58. The lowest BCUT2D eigenvalue weighted by molar-refractivity contribution is 0.768. The van der Waals surface area contributed by atoms with Crippen molar-refractivity contribution in [2.75, 3.05) is 4.90 Å². The largest absolute Gasteiger partial charge is 0.306 e. The van der Waals surface area contributed by atoms with Crippen LogP contribution in [0.5, 0.6) is 0 Å². The Morgan fingerprint density at radius 3 is 1.79 bits per heavy atom. The van der Waals surface area contributed by atoms with Crippen molar-refractivity contribution >= 4 is 28.1 Å². The topological polar surface area (TPSA) is 21.1 Å². The molecule has 0 amide bonds. The minimum atomic E-state index is -0.464. The Labute approximate surface area is 273 Å². The molecule has 220 valence electrons. The second-order valence-electron chi connectivity index (χ2n) is 12.4. The zero-order valence-corrected chi connectivity index (χ0v) is 25.6. The van der Waals surface area contributed by atoms with Crippen molar-refractivity contribution in [3.8, 4) is 28.2 Å². The van der Waals surface area contributed by atoms with Gasteiger partial charge in [-0.15, -0.1) is 0 Å². The van der Waals surface area contributed by atoms with Gasteiger partial charge in [0.15, 0.2) is 0 Å². The van der Waals surface area contributed by atoms with Crippen molar-refractivity contribution < 1.29 is 0 Å². The van der Waals surface area contributed by atoms with Crippen LogP contribution in [0.2, 0.25) is 0 Å². The second-order valence-corrected chi connectivity index (χ2v) is 12.4. The van der Waals surface area contributed by atoms with Gasteiger partial charge in [-0.1, -0.05) is 140 Å². The van der Waals surface area contributed by atoms with E-state index in [-0.39, 0.29) is 0 Å². The molecular weight excluding hydrogens is 571 g/mol. The molecule has 3 nitrogen and oxygen atoms in total. The highest BCUT2D eigenvalue weighted by atomic mass is 15.2. The van der Waals surface area contributed by atoms with Crippen LogP contribution in [0.3, 0.4) is 0 Å². The maximum Gasteiger partial charge on any atom is 0.145 e. The third-order valence-electron chi connectivity index (χ3n) is 9.99. The number of imidazole rings is 1. The van der Waals surface area contributed by atoms with Gasteiger partial charge < -0.3 is 4.90 Å². The van der Waals surface area contributed by atoms with E-state index in [1.54, 1.807) is 0 Å². The van der Waals surface area contributed by atoms with Crippen LogP contribution in [0, 0.1) is 0 Å². The number of fused-ring (bicyclic) bond motifs is 5. The molecule has 0 atom stereocenters. The number of rotatable bonds is 4. The number of nitrogens with zero attached hydrogens (tertiary/aromatic N) is 3. The van der Waals surface area contributed by atoms with Crippen molar-refractivity contribution in [1.82, 2.24) is 9.55 Å². The van der Waals surface area contributed by atoms with Gasteiger partial charge >= 0.3 is 0 Å². The number of hydrogen-bond donors (Lipinski definition) is 0. The summed E-state index contributed by atoms with van der Waals surface area (Å²) in [4.78, 5) is 7.63. The van der Waals surface area contributed by atoms with Gasteiger partial charge in [-0.05, 0) is 69.8 Å². The lowest BCUT2D eigenvalue weighted by atomic mass is 9.67. The number of anilines is 3. The van der Waals surface area contributed by atoms with E-state index >= 15 is 0 Å². The van der Waals surface area contributed by atoms with Gasteiger partial charge in [0.1, 0.15) is 5.82 Å². The molecule has 0 radical (unpaired) electrons. The lowest BCUT2D eigenvalue weighted by Crippen LogP contribution is -2.29. The minimum absolute atomic E-state index is 0.464. The van der Waals surface area contributed by atoms with Gasteiger partial charge in [-0.2, -0.15) is 0 Å². The Morgan fingerprint density at radius 1 is 0.447 bits per heavy atom. The van der Waals surface area contributed by atoms with Gasteiger partial charge in [0.2, 0.25) is 0 Å². The van der Waals surface area contributed by atoms with E-state index in [9.17, 15) is 0 Å². The monoisotopic (exact) mass is 599 g/mol. The van der Waals surface area contributed by atoms with Crippen molar-refractivity contribution in [1.29, 1.82) is 0 Å². The van der Waals surface area contributed by atoms with Crippen molar-refractivity contribution in [2.45, 2.75) is 5.41 Å². The number of para-hydroxylation sites is 3. The molecule has 3 heteroatoms. The van der Waals surface area contributed by atoms with Crippen molar-refractivity contribution in [3.63, 3.8) is 0 Å². The van der Waals surface area contributed by atoms with Crippen molar-refractivity contribution in [3.05, 3.63) is 198 Å². The first-order valence-corrected chi connectivity index (χ1v) is 16.2. The van der Waals surface area contributed by atoms with E-state index in [2.05, 4.69) is 185 Å². The summed E-state index contributed by atoms with van der Waals surface area (Å²) in [5.41, 5.74) is 14.9. The fourth-order valence-electron chi connectivity index (χ4n) is 8.13. The molecule has 0 unspecified atom stereocenters. The summed E-state index contributed by atoms with van der Waals surface area (Å²) in [5.74, 6) is 0.955. The Bertz CT molecular complexity index is 2420. The SMILES string of the molecule is c1ccc(-c2nc3cccc4c3n2-c2ccccc2N4c2ccc3c(c2)C(c2ccccc2)(c2ccccc2)c2ccccc2-3)cc1. The van der Waals surface area contributed by atoms with E-state index in [4.69, 9.17) is 4.98 Å². The molecule has 2 aliphatic rings. The fraction of sp³-hybridized carbons (Fsp3) is 0.0227. The van der Waals surface area contributed by atoms with E-state index in [0.29, 0.717) is 0 Å². The molecule has 1 aromatic heterocycles. The average molecular weight is 600 g/mol. The predicted molar refractivity (Wildman–Crippen MR) is 192 cm³/mol. The summed E-state index contributed by atoms with van der Waals surface area (Å²) in [6, 6.07) is 63.7. The molecule has 2 heterocycles. The average Bonchev–Trinajstić information content (AvgIpc) is 3.68. The first-order valence-electron chi connectivity index (χ1n) is 16.2. The smallest absolute Gasteiger partial charge is 0.145 e. The number of aromatic nitrogens is 2. The van der Waals surface area contributed by atoms with Crippen LogP contribution in [0.1, 0.15) is 22.3 Å². The number of benzene rings is 7. The molecule has 0 N–H and O–H groups in total. The van der Waals surface area contributed by atoms with Crippen molar-refractivity contribution in [2.24, 2.45) is 0 Å². The summed E-state index contributed by atoms with van der Waals surface area (Å²) in [5, 5.41) is 0. The molecule has 7 aromatic carbocycles. The molecule has 10 rings (SSSR count). The van der Waals surface area contributed by atoms with Crippen LogP contribution >= 0.6 is 0 Å². The Hall–Kier alpha value is -6.19. The summed E-state index contributed by atoms with van der Waals surface area (Å²) in [6.07, 6.45) is 0. The van der Waals surface area contributed by atoms with E-state index in [1.165, 1.54) is 33.4 Å². The molecule has 47 heavy (non-hydrogen) atoms. The van der Waals surface area contributed by atoms with E-state index in [1.807, 2.05) is 0 Å². The molecule has 8 aromatic rings. The lowest BCUT2D eigenvalue weighted by Gasteiger charge is -2.36. The zero-order chi connectivity index (χ0) is 31.0. The molecule has 0 saturated carbocycles. The molecule has 0 bridgehead atoms. The third-order valence-corrected chi connectivity index (χ3v) is 9.99. The summed E-state index contributed by atoms with van der Waals surface area (Å²) in [7, 11) is 0. The van der Waals surface area contributed by atoms with Gasteiger partial charge in [-0.25, -0.2) is 4.98 Å². The zero-order valence-electron chi connectivity index (χ0n) is 25.6.